The second kappa shape index (κ2) is 6.40. The highest BCUT2D eigenvalue weighted by Gasteiger charge is 2.23. The first-order valence-corrected chi connectivity index (χ1v) is 5.20. The molecule has 0 fully saturated rings. The zero-order valence-corrected chi connectivity index (χ0v) is 9.69. The molecule has 5 nitrogen and oxygen atoms in total. The van der Waals surface area contributed by atoms with E-state index in [-0.39, 0.29) is 6.54 Å². The highest BCUT2D eigenvalue weighted by molar-refractivity contribution is 5.81. The summed E-state index contributed by atoms with van der Waals surface area (Å²) in [6.45, 7) is 6.62. The number of amides is 2. The number of hydrogen-bond donors (Lipinski definition) is 2. The van der Waals surface area contributed by atoms with E-state index in [1.54, 1.807) is 4.90 Å². The monoisotopic (exact) mass is 215 g/mol. The smallest absolute Gasteiger partial charge is 0.234 e. The molecule has 88 valence electrons. The lowest BCUT2D eigenvalue weighted by molar-refractivity contribution is -0.126. The Hall–Kier alpha value is -1.10. The molecule has 0 aliphatic heterocycles. The standard InChI is InChI=1S/C10H21N3O2/c1-4-8(10(12)15)13(5-7(2)3)6-9(11)14/h7-8H,4-6H2,1-3H3,(H2,11,14)(H2,12,15). The third-order valence-corrected chi connectivity index (χ3v) is 2.11. The van der Waals surface area contributed by atoms with Crippen molar-refractivity contribution in [3.8, 4) is 0 Å². The molecule has 4 N–H and O–H groups in total. The van der Waals surface area contributed by atoms with Gasteiger partial charge in [-0.3, -0.25) is 14.5 Å². The first kappa shape index (κ1) is 13.9. The van der Waals surface area contributed by atoms with Crippen LogP contribution in [0.5, 0.6) is 0 Å². The van der Waals surface area contributed by atoms with E-state index in [0.717, 1.165) is 0 Å². The Morgan fingerprint density at radius 2 is 1.80 bits per heavy atom. The maximum absolute atomic E-state index is 11.2. The van der Waals surface area contributed by atoms with Crippen LogP contribution >= 0.6 is 0 Å². The Balaban J connectivity index is 4.57. The summed E-state index contributed by atoms with van der Waals surface area (Å²) in [4.78, 5) is 23.8. The van der Waals surface area contributed by atoms with Crippen molar-refractivity contribution in [3.63, 3.8) is 0 Å². The van der Waals surface area contributed by atoms with Crippen molar-refractivity contribution in [1.82, 2.24) is 4.90 Å². The normalized spacial score (nSPS) is 13.1. The number of hydrogen-bond acceptors (Lipinski definition) is 3. The van der Waals surface area contributed by atoms with Crippen LogP contribution in [0.25, 0.3) is 0 Å². The molecule has 1 atom stereocenters. The fourth-order valence-corrected chi connectivity index (χ4v) is 1.61. The van der Waals surface area contributed by atoms with Crippen LogP contribution in [-0.2, 0) is 9.59 Å². The lowest BCUT2D eigenvalue weighted by Gasteiger charge is -2.28. The average Bonchev–Trinajstić information content (AvgIpc) is 2.01. The van der Waals surface area contributed by atoms with E-state index >= 15 is 0 Å². The molecule has 0 aliphatic carbocycles. The summed E-state index contributed by atoms with van der Waals surface area (Å²) >= 11 is 0. The van der Waals surface area contributed by atoms with E-state index in [9.17, 15) is 9.59 Å². The Labute approximate surface area is 90.8 Å². The van der Waals surface area contributed by atoms with Crippen molar-refractivity contribution in [2.45, 2.75) is 33.2 Å². The van der Waals surface area contributed by atoms with Crippen molar-refractivity contribution in [2.24, 2.45) is 17.4 Å². The SMILES string of the molecule is CCC(C(N)=O)N(CC(N)=O)CC(C)C. The number of rotatable bonds is 7. The predicted octanol–water partition coefficient (Wildman–Crippen LogP) is -0.306. The van der Waals surface area contributed by atoms with Crippen molar-refractivity contribution in [1.29, 1.82) is 0 Å². The minimum absolute atomic E-state index is 0.0830. The summed E-state index contributed by atoms with van der Waals surface area (Å²) in [6, 6.07) is -0.403. The highest BCUT2D eigenvalue weighted by atomic mass is 16.2. The van der Waals surface area contributed by atoms with Crippen LogP contribution in [0.2, 0.25) is 0 Å². The Morgan fingerprint density at radius 3 is 2.07 bits per heavy atom. The highest BCUT2D eigenvalue weighted by Crippen LogP contribution is 2.07. The summed E-state index contributed by atoms with van der Waals surface area (Å²) in [5.74, 6) is -0.479. The van der Waals surface area contributed by atoms with Gasteiger partial charge in [0.05, 0.1) is 12.6 Å². The topological polar surface area (TPSA) is 89.4 Å². The molecular weight excluding hydrogens is 194 g/mol. The maximum Gasteiger partial charge on any atom is 0.234 e. The summed E-state index contributed by atoms with van der Waals surface area (Å²) < 4.78 is 0. The summed E-state index contributed by atoms with van der Waals surface area (Å²) in [7, 11) is 0. The molecule has 0 saturated carbocycles. The van der Waals surface area contributed by atoms with Gasteiger partial charge in [0.2, 0.25) is 11.8 Å². The zero-order valence-electron chi connectivity index (χ0n) is 9.69. The molecule has 0 rings (SSSR count). The van der Waals surface area contributed by atoms with Gasteiger partial charge in [-0.25, -0.2) is 0 Å². The van der Waals surface area contributed by atoms with Gasteiger partial charge in [0.25, 0.3) is 0 Å². The molecule has 0 aromatic heterocycles. The van der Waals surface area contributed by atoms with E-state index in [2.05, 4.69) is 0 Å². The van der Waals surface area contributed by atoms with E-state index in [1.165, 1.54) is 0 Å². The van der Waals surface area contributed by atoms with Crippen LogP contribution in [0, 0.1) is 5.92 Å². The van der Waals surface area contributed by atoms with Gasteiger partial charge in [0.15, 0.2) is 0 Å². The van der Waals surface area contributed by atoms with E-state index in [4.69, 9.17) is 11.5 Å². The fraction of sp³-hybridized carbons (Fsp3) is 0.800. The summed E-state index contributed by atoms with van der Waals surface area (Å²) in [6.07, 6.45) is 0.593. The second-order valence-electron chi connectivity index (χ2n) is 4.12. The molecule has 0 saturated heterocycles. The fourth-order valence-electron chi connectivity index (χ4n) is 1.61. The molecule has 5 heteroatoms. The molecule has 0 aromatic carbocycles. The molecule has 1 unspecified atom stereocenters. The molecule has 2 amide bonds. The lowest BCUT2D eigenvalue weighted by Crippen LogP contribution is -2.49. The molecule has 0 radical (unpaired) electrons. The van der Waals surface area contributed by atoms with Crippen molar-refractivity contribution < 1.29 is 9.59 Å². The van der Waals surface area contributed by atoms with Gasteiger partial charge < -0.3 is 11.5 Å². The quantitative estimate of drug-likeness (QED) is 0.610. The minimum atomic E-state index is -0.435. The minimum Gasteiger partial charge on any atom is -0.369 e. The van der Waals surface area contributed by atoms with Gasteiger partial charge in [-0.05, 0) is 12.3 Å². The number of nitrogens with zero attached hydrogens (tertiary/aromatic N) is 1. The molecule has 0 spiro atoms. The van der Waals surface area contributed by atoms with Crippen LogP contribution in [0.1, 0.15) is 27.2 Å². The number of carbonyl (C=O) groups excluding carboxylic acids is 2. The van der Waals surface area contributed by atoms with Crippen molar-refractivity contribution in [2.75, 3.05) is 13.1 Å². The van der Waals surface area contributed by atoms with E-state index in [0.29, 0.717) is 18.9 Å². The zero-order chi connectivity index (χ0) is 12.0. The van der Waals surface area contributed by atoms with E-state index in [1.807, 2.05) is 20.8 Å². The maximum atomic E-state index is 11.2. The largest absolute Gasteiger partial charge is 0.369 e. The summed E-state index contributed by atoms with van der Waals surface area (Å²) in [5, 5.41) is 0. The second-order valence-corrected chi connectivity index (χ2v) is 4.12. The Kier molecular flexibility index (Phi) is 5.93. The first-order chi connectivity index (χ1) is 6.88. The third kappa shape index (κ3) is 5.37. The van der Waals surface area contributed by atoms with Gasteiger partial charge in [-0.15, -0.1) is 0 Å². The molecule has 0 aliphatic rings. The van der Waals surface area contributed by atoms with Gasteiger partial charge >= 0.3 is 0 Å². The van der Waals surface area contributed by atoms with Crippen molar-refractivity contribution >= 4 is 11.8 Å². The van der Waals surface area contributed by atoms with Gasteiger partial charge in [-0.2, -0.15) is 0 Å². The summed E-state index contributed by atoms with van der Waals surface area (Å²) in [5.41, 5.74) is 10.4. The predicted molar refractivity (Wildman–Crippen MR) is 58.9 cm³/mol. The van der Waals surface area contributed by atoms with Crippen molar-refractivity contribution in [3.05, 3.63) is 0 Å². The molecule has 15 heavy (non-hydrogen) atoms. The van der Waals surface area contributed by atoms with Gasteiger partial charge in [0, 0.05) is 6.54 Å². The number of nitrogens with two attached hydrogens (primary N) is 2. The molecule has 0 aromatic rings. The number of primary amides is 2. The molecular formula is C10H21N3O2. The lowest BCUT2D eigenvalue weighted by atomic mass is 10.1. The average molecular weight is 215 g/mol. The van der Waals surface area contributed by atoms with E-state index < -0.39 is 17.9 Å². The first-order valence-electron chi connectivity index (χ1n) is 5.20. The van der Waals surface area contributed by atoms with Crippen LogP contribution in [0.3, 0.4) is 0 Å². The van der Waals surface area contributed by atoms with Gasteiger partial charge in [-0.1, -0.05) is 20.8 Å². The van der Waals surface area contributed by atoms with Crippen LogP contribution in [0.15, 0.2) is 0 Å². The number of carbonyl (C=O) groups is 2. The Bertz CT molecular complexity index is 229. The molecule has 0 bridgehead atoms. The van der Waals surface area contributed by atoms with Crippen LogP contribution < -0.4 is 11.5 Å². The van der Waals surface area contributed by atoms with Crippen LogP contribution in [-0.4, -0.2) is 35.8 Å². The Morgan fingerprint density at radius 1 is 1.27 bits per heavy atom. The molecule has 0 heterocycles. The van der Waals surface area contributed by atoms with Gasteiger partial charge in [0.1, 0.15) is 0 Å². The van der Waals surface area contributed by atoms with Crippen LogP contribution in [0.4, 0.5) is 0 Å². The third-order valence-electron chi connectivity index (χ3n) is 2.11.